The zero-order valence-electron chi connectivity index (χ0n) is 11.4. The highest BCUT2D eigenvalue weighted by Gasteiger charge is 2.23. The summed E-state index contributed by atoms with van der Waals surface area (Å²) in [5.41, 5.74) is 7.78. The van der Waals surface area contributed by atoms with E-state index in [1.165, 1.54) is 0 Å². The van der Waals surface area contributed by atoms with Gasteiger partial charge in [0, 0.05) is 31.1 Å². The number of carbonyl (C=O) groups is 1. The van der Waals surface area contributed by atoms with Crippen molar-refractivity contribution >= 4 is 17.3 Å². The highest BCUT2D eigenvalue weighted by molar-refractivity contribution is 6.00. The van der Waals surface area contributed by atoms with Crippen molar-refractivity contribution in [1.82, 2.24) is 5.32 Å². The van der Waals surface area contributed by atoms with E-state index in [9.17, 15) is 4.79 Å². The van der Waals surface area contributed by atoms with Crippen LogP contribution in [0.25, 0.3) is 0 Å². The molecule has 2 atom stereocenters. The van der Waals surface area contributed by atoms with Gasteiger partial charge in [-0.2, -0.15) is 0 Å². The number of nitrogen functional groups attached to an aromatic ring is 1. The van der Waals surface area contributed by atoms with E-state index in [0.717, 1.165) is 25.1 Å². The van der Waals surface area contributed by atoms with E-state index >= 15 is 0 Å². The van der Waals surface area contributed by atoms with E-state index in [4.69, 9.17) is 10.5 Å². The van der Waals surface area contributed by atoms with Crippen molar-refractivity contribution in [3.05, 3.63) is 23.8 Å². The van der Waals surface area contributed by atoms with Crippen molar-refractivity contribution in [2.24, 2.45) is 0 Å². The van der Waals surface area contributed by atoms with Crippen LogP contribution in [-0.4, -0.2) is 31.7 Å². The molecule has 1 fully saturated rings. The molecule has 1 aliphatic heterocycles. The Morgan fingerprint density at radius 3 is 2.95 bits per heavy atom. The minimum atomic E-state index is -0.123. The molecule has 4 N–H and O–H groups in total. The van der Waals surface area contributed by atoms with Gasteiger partial charge < -0.3 is 21.1 Å². The Morgan fingerprint density at radius 2 is 2.32 bits per heavy atom. The minimum Gasteiger partial charge on any atom is -0.399 e. The molecular formula is C14H21N3O2. The number of nitrogens with two attached hydrogens (primary N) is 1. The molecule has 2 unspecified atom stereocenters. The predicted octanol–water partition coefficient (Wildman–Crippen LogP) is 1.61. The molecule has 1 heterocycles. The van der Waals surface area contributed by atoms with Crippen molar-refractivity contribution in [3.63, 3.8) is 0 Å². The Labute approximate surface area is 113 Å². The summed E-state index contributed by atoms with van der Waals surface area (Å²) in [6, 6.07) is 5.40. The largest absolute Gasteiger partial charge is 0.399 e. The molecule has 0 spiro atoms. The van der Waals surface area contributed by atoms with Crippen molar-refractivity contribution in [3.8, 4) is 0 Å². The topological polar surface area (TPSA) is 76.4 Å². The third-order valence-corrected chi connectivity index (χ3v) is 3.42. The van der Waals surface area contributed by atoms with Gasteiger partial charge in [-0.3, -0.25) is 4.79 Å². The number of amides is 1. The molecule has 0 bridgehead atoms. The fourth-order valence-electron chi connectivity index (χ4n) is 2.35. The molecule has 1 saturated heterocycles. The van der Waals surface area contributed by atoms with Crippen LogP contribution in [0, 0.1) is 0 Å². The van der Waals surface area contributed by atoms with Gasteiger partial charge in [0.25, 0.3) is 5.91 Å². The van der Waals surface area contributed by atoms with Crippen molar-refractivity contribution in [1.29, 1.82) is 0 Å². The lowest BCUT2D eigenvalue weighted by atomic mass is 10.1. The molecule has 0 aromatic heterocycles. The minimum absolute atomic E-state index is 0.123. The lowest BCUT2D eigenvalue weighted by molar-refractivity contribution is 0.0958. The van der Waals surface area contributed by atoms with Gasteiger partial charge in [-0.05, 0) is 38.0 Å². The van der Waals surface area contributed by atoms with Crippen molar-refractivity contribution < 1.29 is 9.53 Å². The van der Waals surface area contributed by atoms with E-state index in [2.05, 4.69) is 17.6 Å². The summed E-state index contributed by atoms with van der Waals surface area (Å²) in [4.78, 5) is 11.8. The van der Waals surface area contributed by atoms with Gasteiger partial charge in [0.2, 0.25) is 0 Å². The maximum absolute atomic E-state index is 11.8. The first kappa shape index (κ1) is 13.7. The highest BCUT2D eigenvalue weighted by Crippen LogP contribution is 2.23. The number of nitrogens with one attached hydrogen (secondary N) is 2. The number of anilines is 2. The smallest absolute Gasteiger partial charge is 0.253 e. The molecule has 1 aromatic rings. The molecule has 19 heavy (non-hydrogen) atoms. The summed E-state index contributed by atoms with van der Waals surface area (Å²) < 4.78 is 5.65. The second kappa shape index (κ2) is 5.93. The number of hydrogen-bond donors (Lipinski definition) is 3. The third-order valence-electron chi connectivity index (χ3n) is 3.42. The van der Waals surface area contributed by atoms with Gasteiger partial charge in [0.15, 0.2) is 0 Å². The van der Waals surface area contributed by atoms with Crippen LogP contribution in [0.4, 0.5) is 11.4 Å². The molecule has 1 aliphatic rings. The van der Waals surface area contributed by atoms with Crippen LogP contribution in [0.1, 0.15) is 30.1 Å². The lowest BCUT2D eigenvalue weighted by Crippen LogP contribution is -2.31. The molecule has 1 aromatic carbocycles. The monoisotopic (exact) mass is 263 g/mol. The molecular weight excluding hydrogens is 242 g/mol. The summed E-state index contributed by atoms with van der Waals surface area (Å²) in [5, 5.41) is 5.98. The summed E-state index contributed by atoms with van der Waals surface area (Å²) >= 11 is 0. The van der Waals surface area contributed by atoms with E-state index in [-0.39, 0.29) is 18.1 Å². The molecule has 2 rings (SSSR count). The predicted molar refractivity (Wildman–Crippen MR) is 76.3 cm³/mol. The molecule has 0 radical (unpaired) electrons. The molecule has 0 saturated carbocycles. The Balaban J connectivity index is 2.17. The highest BCUT2D eigenvalue weighted by atomic mass is 16.5. The van der Waals surface area contributed by atoms with Gasteiger partial charge in [-0.15, -0.1) is 0 Å². The quantitative estimate of drug-likeness (QED) is 0.721. The first-order valence-corrected chi connectivity index (χ1v) is 6.61. The molecule has 5 heteroatoms. The molecule has 0 aliphatic carbocycles. The average Bonchev–Trinajstić information content (AvgIpc) is 2.92. The van der Waals surface area contributed by atoms with Gasteiger partial charge in [-0.25, -0.2) is 0 Å². The Hall–Kier alpha value is -1.75. The fraction of sp³-hybridized carbons (Fsp3) is 0.500. The van der Waals surface area contributed by atoms with Crippen LogP contribution in [0.5, 0.6) is 0 Å². The van der Waals surface area contributed by atoms with Gasteiger partial charge >= 0.3 is 0 Å². The second-order valence-electron chi connectivity index (χ2n) is 4.87. The molecule has 104 valence electrons. The van der Waals surface area contributed by atoms with Gasteiger partial charge in [0.05, 0.1) is 11.7 Å². The Bertz CT molecular complexity index is 456. The first-order valence-electron chi connectivity index (χ1n) is 6.61. The standard InChI is InChI=1S/C14H21N3O2/c1-9(13-4-3-7-19-13)17-12-8-10(15)5-6-11(12)14(18)16-2/h5-6,8-9,13,17H,3-4,7,15H2,1-2H3,(H,16,18). The van der Waals surface area contributed by atoms with Crippen LogP contribution in [0.15, 0.2) is 18.2 Å². The summed E-state index contributed by atoms with van der Waals surface area (Å²) in [6.07, 6.45) is 2.33. The normalized spacial score (nSPS) is 20.0. The average molecular weight is 263 g/mol. The number of benzene rings is 1. The number of hydrogen-bond acceptors (Lipinski definition) is 4. The number of carbonyl (C=O) groups excluding carboxylic acids is 1. The fourth-order valence-corrected chi connectivity index (χ4v) is 2.35. The van der Waals surface area contributed by atoms with E-state index in [1.54, 1.807) is 25.2 Å². The number of ether oxygens (including phenoxy) is 1. The van der Waals surface area contributed by atoms with E-state index in [1.807, 2.05) is 0 Å². The van der Waals surface area contributed by atoms with Crippen LogP contribution >= 0.6 is 0 Å². The van der Waals surface area contributed by atoms with E-state index in [0.29, 0.717) is 11.3 Å². The zero-order chi connectivity index (χ0) is 13.8. The first-order chi connectivity index (χ1) is 9.11. The SMILES string of the molecule is CNC(=O)c1ccc(N)cc1NC(C)C1CCCO1. The Kier molecular flexibility index (Phi) is 4.27. The second-order valence-corrected chi connectivity index (χ2v) is 4.87. The van der Waals surface area contributed by atoms with E-state index < -0.39 is 0 Å². The lowest BCUT2D eigenvalue weighted by Gasteiger charge is -2.22. The van der Waals surface area contributed by atoms with Crippen LogP contribution in [-0.2, 0) is 4.74 Å². The molecule has 5 nitrogen and oxygen atoms in total. The maximum Gasteiger partial charge on any atom is 0.253 e. The van der Waals surface area contributed by atoms with Crippen LogP contribution in [0.2, 0.25) is 0 Å². The summed E-state index contributed by atoms with van der Waals surface area (Å²) in [5.74, 6) is -0.123. The maximum atomic E-state index is 11.8. The Morgan fingerprint density at radius 1 is 1.53 bits per heavy atom. The van der Waals surface area contributed by atoms with Crippen LogP contribution in [0.3, 0.4) is 0 Å². The third kappa shape index (κ3) is 3.17. The summed E-state index contributed by atoms with van der Waals surface area (Å²) in [6.45, 7) is 2.88. The number of rotatable bonds is 4. The zero-order valence-corrected chi connectivity index (χ0v) is 11.4. The van der Waals surface area contributed by atoms with Gasteiger partial charge in [0.1, 0.15) is 0 Å². The van der Waals surface area contributed by atoms with Crippen molar-refractivity contribution in [2.45, 2.75) is 31.9 Å². The van der Waals surface area contributed by atoms with Crippen LogP contribution < -0.4 is 16.4 Å². The summed E-state index contributed by atoms with van der Waals surface area (Å²) in [7, 11) is 1.62. The van der Waals surface area contributed by atoms with Crippen molar-refractivity contribution in [2.75, 3.05) is 24.7 Å². The van der Waals surface area contributed by atoms with Gasteiger partial charge in [-0.1, -0.05) is 0 Å². The molecule has 1 amide bonds.